The maximum Gasteiger partial charge on any atom is 0.241 e. The highest BCUT2D eigenvalue weighted by atomic mass is 32.2. The molecular weight excluding hydrogens is 380 g/mol. The average Bonchev–Trinajstić information content (AvgIpc) is 3.17. The Morgan fingerprint density at radius 1 is 1.00 bits per heavy atom. The van der Waals surface area contributed by atoms with Crippen molar-refractivity contribution in [3.63, 3.8) is 0 Å². The highest BCUT2D eigenvalue weighted by Crippen LogP contribution is 2.26. The van der Waals surface area contributed by atoms with Gasteiger partial charge in [0.25, 0.3) is 0 Å². The number of carbonyl (C=O) groups excluding carboxylic acids is 1. The van der Waals surface area contributed by atoms with Crippen molar-refractivity contribution < 1.29 is 4.79 Å². The summed E-state index contributed by atoms with van der Waals surface area (Å²) in [6.07, 6.45) is 0.503. The van der Waals surface area contributed by atoms with Crippen LogP contribution in [0.1, 0.15) is 11.1 Å². The Bertz CT molecular complexity index is 1080. The van der Waals surface area contributed by atoms with Gasteiger partial charge >= 0.3 is 0 Å². The van der Waals surface area contributed by atoms with Gasteiger partial charge in [0.2, 0.25) is 5.91 Å². The van der Waals surface area contributed by atoms with Gasteiger partial charge < -0.3 is 16.0 Å². The smallest absolute Gasteiger partial charge is 0.241 e. The van der Waals surface area contributed by atoms with Crippen LogP contribution in [0.2, 0.25) is 0 Å². The molecule has 1 amide bonds. The molecule has 1 atom stereocenters. The van der Waals surface area contributed by atoms with Crippen LogP contribution in [-0.4, -0.2) is 21.9 Å². The zero-order chi connectivity index (χ0) is 20.1. The summed E-state index contributed by atoms with van der Waals surface area (Å²) in [6.45, 7) is 0. The van der Waals surface area contributed by atoms with E-state index < -0.39 is 6.04 Å². The fourth-order valence-corrected chi connectivity index (χ4v) is 3.99. The van der Waals surface area contributed by atoms with Crippen molar-refractivity contribution in [2.75, 3.05) is 5.32 Å². The van der Waals surface area contributed by atoms with Crippen LogP contribution in [0.25, 0.3) is 11.0 Å². The molecule has 29 heavy (non-hydrogen) atoms. The number of para-hydroxylation sites is 3. The van der Waals surface area contributed by atoms with E-state index in [0.717, 1.165) is 33.0 Å². The van der Waals surface area contributed by atoms with E-state index in [9.17, 15) is 4.79 Å². The lowest BCUT2D eigenvalue weighted by molar-refractivity contribution is -0.117. The molecule has 4 rings (SSSR count). The molecule has 4 N–H and O–H groups in total. The van der Waals surface area contributed by atoms with Crippen molar-refractivity contribution in [2.24, 2.45) is 5.73 Å². The summed E-state index contributed by atoms with van der Waals surface area (Å²) < 4.78 is 0. The molecule has 0 radical (unpaired) electrons. The van der Waals surface area contributed by atoms with Gasteiger partial charge in [-0.15, -0.1) is 0 Å². The van der Waals surface area contributed by atoms with E-state index in [2.05, 4.69) is 15.3 Å². The molecule has 1 aromatic heterocycles. The first-order valence-corrected chi connectivity index (χ1v) is 10.4. The summed E-state index contributed by atoms with van der Waals surface area (Å²) in [5, 5.41) is 3.84. The van der Waals surface area contributed by atoms with Gasteiger partial charge in [-0.3, -0.25) is 4.79 Å². The van der Waals surface area contributed by atoms with Crippen molar-refractivity contribution in [3.8, 4) is 0 Å². The highest BCUT2D eigenvalue weighted by molar-refractivity contribution is 7.98. The van der Waals surface area contributed by atoms with Crippen molar-refractivity contribution >= 4 is 34.4 Å². The third kappa shape index (κ3) is 4.85. The summed E-state index contributed by atoms with van der Waals surface area (Å²) in [6, 6.07) is 24.9. The molecule has 0 aliphatic heterocycles. The number of nitrogens with two attached hydrogens (primary N) is 1. The minimum Gasteiger partial charge on any atom is -0.333 e. The largest absolute Gasteiger partial charge is 0.333 e. The van der Waals surface area contributed by atoms with E-state index in [1.54, 1.807) is 11.8 Å². The number of carbonyl (C=O) groups is 1. The zero-order valence-corrected chi connectivity index (χ0v) is 16.7. The fourth-order valence-electron chi connectivity index (χ4n) is 3.10. The Morgan fingerprint density at radius 3 is 2.55 bits per heavy atom. The number of thioether (sulfide) groups is 1. The monoisotopic (exact) mass is 402 g/mol. The van der Waals surface area contributed by atoms with Gasteiger partial charge in [-0.2, -0.15) is 0 Å². The minimum absolute atomic E-state index is 0.185. The first-order chi connectivity index (χ1) is 14.2. The van der Waals surface area contributed by atoms with Crippen LogP contribution in [0.5, 0.6) is 0 Å². The maximum atomic E-state index is 12.6. The standard InChI is InChI=1S/C23H22N4OS/c24-18(14-16-8-2-1-3-9-16)22(28)25-19-11-5-4-10-17(19)15-29-23-26-20-12-6-7-13-21(20)27-23/h1-13,18H,14-15,24H2,(H,25,28)(H,26,27)/t18-/m0/s1. The van der Waals surface area contributed by atoms with E-state index in [1.165, 1.54) is 0 Å². The molecule has 0 aliphatic carbocycles. The summed E-state index contributed by atoms with van der Waals surface area (Å²) in [7, 11) is 0. The molecular formula is C23H22N4OS. The summed E-state index contributed by atoms with van der Waals surface area (Å²) in [5.41, 5.74) is 10.9. The summed E-state index contributed by atoms with van der Waals surface area (Å²) >= 11 is 1.60. The van der Waals surface area contributed by atoms with Crippen LogP contribution >= 0.6 is 11.8 Å². The minimum atomic E-state index is -0.603. The second-order valence-electron chi connectivity index (χ2n) is 6.79. The molecule has 5 nitrogen and oxygen atoms in total. The van der Waals surface area contributed by atoms with E-state index in [1.807, 2.05) is 78.9 Å². The number of H-pyrrole nitrogens is 1. The van der Waals surface area contributed by atoms with Crippen LogP contribution in [0.3, 0.4) is 0 Å². The van der Waals surface area contributed by atoms with Gasteiger partial charge in [0, 0.05) is 11.4 Å². The zero-order valence-electron chi connectivity index (χ0n) is 15.8. The molecule has 3 aromatic carbocycles. The Morgan fingerprint density at radius 2 is 1.72 bits per heavy atom. The Labute approximate surface area is 173 Å². The van der Waals surface area contributed by atoms with Gasteiger partial charge in [-0.1, -0.05) is 72.4 Å². The number of aromatic nitrogens is 2. The van der Waals surface area contributed by atoms with E-state index >= 15 is 0 Å². The quantitative estimate of drug-likeness (QED) is 0.401. The van der Waals surface area contributed by atoms with Crippen LogP contribution in [0.15, 0.2) is 84.0 Å². The van der Waals surface area contributed by atoms with Gasteiger partial charge in [0.1, 0.15) is 0 Å². The number of imidazole rings is 1. The highest BCUT2D eigenvalue weighted by Gasteiger charge is 2.16. The molecule has 1 heterocycles. The number of rotatable bonds is 7. The van der Waals surface area contributed by atoms with Gasteiger partial charge in [-0.25, -0.2) is 4.98 Å². The second-order valence-corrected chi connectivity index (χ2v) is 7.75. The number of hydrogen-bond acceptors (Lipinski definition) is 4. The molecule has 0 saturated heterocycles. The predicted molar refractivity (Wildman–Crippen MR) is 119 cm³/mol. The van der Waals surface area contributed by atoms with Crippen molar-refractivity contribution in [1.29, 1.82) is 0 Å². The Hall–Kier alpha value is -3.09. The van der Waals surface area contributed by atoms with Gasteiger partial charge in [-0.05, 0) is 35.7 Å². The lowest BCUT2D eigenvalue weighted by Crippen LogP contribution is -2.37. The van der Waals surface area contributed by atoms with Crippen molar-refractivity contribution in [2.45, 2.75) is 23.4 Å². The number of hydrogen-bond donors (Lipinski definition) is 3. The molecule has 0 fully saturated rings. The SMILES string of the molecule is N[C@@H](Cc1ccccc1)C(=O)Nc1ccccc1CSc1nc2ccccc2[nH]1. The average molecular weight is 403 g/mol. The number of aromatic amines is 1. The third-order valence-electron chi connectivity index (χ3n) is 4.64. The van der Waals surface area contributed by atoms with E-state index in [4.69, 9.17) is 5.73 Å². The molecule has 0 aliphatic rings. The van der Waals surface area contributed by atoms with E-state index in [-0.39, 0.29) is 5.91 Å². The summed E-state index contributed by atoms with van der Waals surface area (Å²) in [5.74, 6) is 0.500. The lowest BCUT2D eigenvalue weighted by Gasteiger charge is -2.15. The number of benzene rings is 3. The first-order valence-electron chi connectivity index (χ1n) is 9.45. The van der Waals surface area contributed by atoms with Crippen LogP contribution in [-0.2, 0) is 17.0 Å². The third-order valence-corrected chi connectivity index (χ3v) is 5.56. The molecule has 0 bridgehead atoms. The molecule has 4 aromatic rings. The van der Waals surface area contributed by atoms with Crippen LogP contribution < -0.4 is 11.1 Å². The molecule has 6 heteroatoms. The van der Waals surface area contributed by atoms with Crippen molar-refractivity contribution in [1.82, 2.24) is 9.97 Å². The molecule has 146 valence electrons. The van der Waals surface area contributed by atoms with Crippen molar-refractivity contribution in [3.05, 3.63) is 90.0 Å². The fraction of sp³-hybridized carbons (Fsp3) is 0.130. The predicted octanol–water partition coefficient (Wildman–Crippen LogP) is 4.36. The normalized spacial score (nSPS) is 12.0. The molecule has 0 unspecified atom stereocenters. The van der Waals surface area contributed by atoms with Gasteiger partial charge in [0.05, 0.1) is 17.1 Å². The number of nitrogens with zero attached hydrogens (tertiary/aromatic N) is 1. The summed E-state index contributed by atoms with van der Waals surface area (Å²) in [4.78, 5) is 20.5. The number of fused-ring (bicyclic) bond motifs is 1. The first kappa shape index (κ1) is 19.2. The number of anilines is 1. The Balaban J connectivity index is 1.41. The second kappa shape index (κ2) is 8.94. The maximum absolute atomic E-state index is 12.6. The van der Waals surface area contributed by atoms with E-state index in [0.29, 0.717) is 12.2 Å². The molecule has 0 saturated carbocycles. The lowest BCUT2D eigenvalue weighted by atomic mass is 10.1. The van der Waals surface area contributed by atoms with Crippen LogP contribution in [0.4, 0.5) is 5.69 Å². The number of amides is 1. The topological polar surface area (TPSA) is 83.8 Å². The number of nitrogens with one attached hydrogen (secondary N) is 2. The van der Waals surface area contributed by atoms with Crippen LogP contribution in [0, 0.1) is 0 Å². The Kier molecular flexibility index (Phi) is 5.93. The molecule has 0 spiro atoms. The van der Waals surface area contributed by atoms with Gasteiger partial charge in [0.15, 0.2) is 5.16 Å².